The quantitative estimate of drug-likeness (QED) is 0.879. The minimum Gasteiger partial charge on any atom is -0.503 e. The molecule has 3 rings (SSSR count). The average molecular weight is 344 g/mol. The lowest BCUT2D eigenvalue weighted by molar-refractivity contribution is -0.129. The number of aryl methyl sites for hydroxylation is 1. The third-order valence-corrected chi connectivity index (χ3v) is 4.84. The molecule has 0 radical (unpaired) electrons. The molecule has 1 saturated heterocycles. The molecule has 6 nitrogen and oxygen atoms in total. The van der Waals surface area contributed by atoms with Gasteiger partial charge in [0.05, 0.1) is 24.8 Å². The van der Waals surface area contributed by atoms with Crippen molar-refractivity contribution >= 4 is 11.7 Å². The van der Waals surface area contributed by atoms with Gasteiger partial charge in [-0.1, -0.05) is 29.8 Å². The summed E-state index contributed by atoms with van der Waals surface area (Å²) in [7, 11) is 0. The van der Waals surface area contributed by atoms with Crippen molar-refractivity contribution in [3.63, 3.8) is 0 Å². The van der Waals surface area contributed by atoms with E-state index in [4.69, 9.17) is 4.74 Å². The van der Waals surface area contributed by atoms with Gasteiger partial charge in [-0.15, -0.1) is 0 Å². The number of rotatable bonds is 5. The number of benzene rings is 1. The highest BCUT2D eigenvalue weighted by atomic mass is 16.5. The first-order valence-electron chi connectivity index (χ1n) is 8.60. The van der Waals surface area contributed by atoms with E-state index in [1.165, 1.54) is 6.92 Å². The van der Waals surface area contributed by atoms with Crippen LogP contribution in [0.25, 0.3) is 0 Å². The largest absolute Gasteiger partial charge is 0.503 e. The molecule has 1 aromatic carbocycles. The number of aliphatic hydroxyl groups is 1. The Bertz CT molecular complexity index is 690. The van der Waals surface area contributed by atoms with Gasteiger partial charge in [-0.3, -0.25) is 14.5 Å². The van der Waals surface area contributed by atoms with Gasteiger partial charge in [0.25, 0.3) is 5.91 Å². The zero-order valence-corrected chi connectivity index (χ0v) is 14.7. The third-order valence-electron chi connectivity index (χ3n) is 4.84. The van der Waals surface area contributed by atoms with Crippen LogP contribution in [0, 0.1) is 6.92 Å². The first-order valence-corrected chi connectivity index (χ1v) is 8.60. The number of amides is 1. The Morgan fingerprint density at radius 3 is 2.44 bits per heavy atom. The molecule has 2 heterocycles. The molecule has 1 amide bonds. The molecule has 0 unspecified atom stereocenters. The summed E-state index contributed by atoms with van der Waals surface area (Å²) < 4.78 is 5.34. The van der Waals surface area contributed by atoms with Crippen molar-refractivity contribution in [2.24, 2.45) is 0 Å². The molecular weight excluding hydrogens is 320 g/mol. The maximum Gasteiger partial charge on any atom is 0.290 e. The summed E-state index contributed by atoms with van der Waals surface area (Å²) in [6, 6.07) is 7.21. The molecule has 1 N–H and O–H groups in total. The van der Waals surface area contributed by atoms with E-state index in [1.54, 1.807) is 4.90 Å². The number of morpholine rings is 1. The summed E-state index contributed by atoms with van der Waals surface area (Å²) in [4.78, 5) is 28.5. The fraction of sp³-hybridized carbons (Fsp3) is 0.474. The molecule has 134 valence electrons. The molecule has 6 heteroatoms. The van der Waals surface area contributed by atoms with E-state index in [9.17, 15) is 14.7 Å². The number of aliphatic hydroxyl groups excluding tert-OH is 1. The van der Waals surface area contributed by atoms with Gasteiger partial charge in [0, 0.05) is 26.2 Å². The number of carbonyl (C=O) groups excluding carboxylic acids is 2. The Balaban J connectivity index is 1.85. The van der Waals surface area contributed by atoms with Crippen LogP contribution in [-0.2, 0) is 14.3 Å². The van der Waals surface area contributed by atoms with E-state index in [-0.39, 0.29) is 11.4 Å². The summed E-state index contributed by atoms with van der Waals surface area (Å²) in [5.41, 5.74) is 2.14. The van der Waals surface area contributed by atoms with Crippen LogP contribution >= 0.6 is 0 Å². The lowest BCUT2D eigenvalue weighted by Gasteiger charge is -2.31. The van der Waals surface area contributed by atoms with Gasteiger partial charge < -0.3 is 14.7 Å². The molecule has 0 spiro atoms. The fourth-order valence-corrected chi connectivity index (χ4v) is 3.41. The van der Waals surface area contributed by atoms with E-state index in [1.807, 2.05) is 31.2 Å². The topological polar surface area (TPSA) is 70.1 Å². The molecular formula is C19H24N2O4. The Kier molecular flexibility index (Phi) is 5.20. The monoisotopic (exact) mass is 344 g/mol. The smallest absolute Gasteiger partial charge is 0.290 e. The number of carbonyl (C=O) groups is 2. The lowest BCUT2D eigenvalue weighted by atomic mass is 9.96. The zero-order valence-electron chi connectivity index (χ0n) is 14.7. The predicted octanol–water partition coefficient (Wildman–Crippen LogP) is 1.61. The Morgan fingerprint density at radius 1 is 1.20 bits per heavy atom. The van der Waals surface area contributed by atoms with Crippen molar-refractivity contribution in [2.45, 2.75) is 19.9 Å². The van der Waals surface area contributed by atoms with Crippen molar-refractivity contribution < 1.29 is 19.4 Å². The minimum atomic E-state index is -0.522. The summed E-state index contributed by atoms with van der Waals surface area (Å²) >= 11 is 0. The van der Waals surface area contributed by atoms with E-state index in [0.717, 1.165) is 24.2 Å². The number of ketones is 1. The molecule has 2 aliphatic rings. The van der Waals surface area contributed by atoms with Crippen LogP contribution in [0.15, 0.2) is 35.6 Å². The van der Waals surface area contributed by atoms with Gasteiger partial charge in [-0.05, 0) is 19.4 Å². The molecule has 1 atom stereocenters. The van der Waals surface area contributed by atoms with Gasteiger partial charge in [0.15, 0.2) is 11.5 Å². The van der Waals surface area contributed by atoms with Gasteiger partial charge in [0.2, 0.25) is 0 Å². The van der Waals surface area contributed by atoms with Crippen molar-refractivity contribution in [3.8, 4) is 0 Å². The molecule has 0 saturated carbocycles. The van der Waals surface area contributed by atoms with Gasteiger partial charge in [0.1, 0.15) is 0 Å². The summed E-state index contributed by atoms with van der Waals surface area (Å²) in [5, 5.41) is 10.3. The molecule has 1 aromatic rings. The molecule has 1 fully saturated rings. The Labute approximate surface area is 147 Å². The summed E-state index contributed by atoms with van der Waals surface area (Å²) in [6.07, 6.45) is 0. The average Bonchev–Trinajstić information content (AvgIpc) is 2.86. The van der Waals surface area contributed by atoms with Crippen LogP contribution in [0.1, 0.15) is 24.1 Å². The maximum absolute atomic E-state index is 12.6. The van der Waals surface area contributed by atoms with Crippen molar-refractivity contribution in [3.05, 3.63) is 46.7 Å². The second-order valence-corrected chi connectivity index (χ2v) is 6.58. The number of hydrogen-bond acceptors (Lipinski definition) is 5. The van der Waals surface area contributed by atoms with Crippen LogP contribution in [0.3, 0.4) is 0 Å². The second-order valence-electron chi connectivity index (χ2n) is 6.58. The minimum absolute atomic E-state index is 0.191. The molecule has 0 aromatic heterocycles. The predicted molar refractivity (Wildman–Crippen MR) is 93.2 cm³/mol. The van der Waals surface area contributed by atoms with Crippen LogP contribution < -0.4 is 0 Å². The second kappa shape index (κ2) is 7.37. The Hall–Kier alpha value is -2.18. The van der Waals surface area contributed by atoms with E-state index < -0.39 is 17.7 Å². The van der Waals surface area contributed by atoms with Crippen LogP contribution in [0.4, 0.5) is 0 Å². The highest BCUT2D eigenvalue weighted by Gasteiger charge is 2.42. The van der Waals surface area contributed by atoms with Gasteiger partial charge >= 0.3 is 0 Å². The van der Waals surface area contributed by atoms with E-state index in [0.29, 0.717) is 26.3 Å². The molecule has 0 bridgehead atoms. The SMILES string of the molecule is CC(=O)C1=C(O)C(=O)N(CCN2CCOCC2)[C@H]1c1ccc(C)cc1. The summed E-state index contributed by atoms with van der Waals surface area (Å²) in [6.45, 7) is 7.57. The summed E-state index contributed by atoms with van der Waals surface area (Å²) in [5.74, 6) is -1.16. The maximum atomic E-state index is 12.6. The Morgan fingerprint density at radius 2 is 1.84 bits per heavy atom. The zero-order chi connectivity index (χ0) is 18.0. The van der Waals surface area contributed by atoms with Crippen molar-refractivity contribution in [1.29, 1.82) is 0 Å². The number of hydrogen-bond donors (Lipinski definition) is 1. The highest BCUT2D eigenvalue weighted by molar-refractivity contribution is 6.08. The van der Waals surface area contributed by atoms with E-state index >= 15 is 0 Å². The van der Waals surface area contributed by atoms with E-state index in [2.05, 4.69) is 4.90 Å². The van der Waals surface area contributed by atoms with Gasteiger partial charge in [-0.2, -0.15) is 0 Å². The first-order chi connectivity index (χ1) is 12.0. The van der Waals surface area contributed by atoms with Crippen LogP contribution in [-0.4, -0.2) is 66.0 Å². The van der Waals surface area contributed by atoms with Crippen molar-refractivity contribution in [1.82, 2.24) is 9.80 Å². The number of nitrogens with zero attached hydrogens (tertiary/aromatic N) is 2. The fourth-order valence-electron chi connectivity index (χ4n) is 3.41. The third kappa shape index (κ3) is 3.60. The molecule has 0 aliphatic carbocycles. The first kappa shape index (κ1) is 17.6. The van der Waals surface area contributed by atoms with Crippen LogP contribution in [0.5, 0.6) is 0 Å². The highest BCUT2D eigenvalue weighted by Crippen LogP contribution is 2.37. The molecule has 2 aliphatic heterocycles. The molecule has 25 heavy (non-hydrogen) atoms. The van der Waals surface area contributed by atoms with Crippen LogP contribution in [0.2, 0.25) is 0 Å². The standard InChI is InChI=1S/C19H24N2O4/c1-13-3-5-15(6-4-13)17-16(14(2)22)18(23)19(24)21(17)8-7-20-9-11-25-12-10-20/h3-6,17,23H,7-12H2,1-2H3/t17-/m0/s1. The number of Topliss-reactive ketones (excluding diaryl/α,β-unsaturated/α-hetero) is 1. The van der Waals surface area contributed by atoms with Crippen molar-refractivity contribution in [2.75, 3.05) is 39.4 Å². The lowest BCUT2D eigenvalue weighted by Crippen LogP contribution is -2.43. The van der Waals surface area contributed by atoms with Gasteiger partial charge in [-0.25, -0.2) is 0 Å². The number of ether oxygens (including phenoxy) is 1. The normalized spacial score (nSPS) is 21.9.